The van der Waals surface area contributed by atoms with Gasteiger partial charge in [-0.2, -0.15) is 0 Å². The molecule has 0 heterocycles. The van der Waals surface area contributed by atoms with Gasteiger partial charge in [-0.05, 0) is 63.9 Å². The lowest BCUT2D eigenvalue weighted by molar-refractivity contribution is 0.264. The molecule has 0 bridgehead atoms. The maximum absolute atomic E-state index is 13.7. The van der Waals surface area contributed by atoms with Gasteiger partial charge in [0.1, 0.15) is 5.82 Å². The number of likely N-dealkylation sites (N-methyl/N-ethyl adjacent to an activating group) is 1. The van der Waals surface area contributed by atoms with Gasteiger partial charge < -0.3 is 15.5 Å². The van der Waals surface area contributed by atoms with E-state index in [0.717, 1.165) is 24.0 Å². The molecule has 0 aliphatic heterocycles. The molecule has 2 unspecified atom stereocenters. The van der Waals surface area contributed by atoms with Crippen molar-refractivity contribution in [1.29, 1.82) is 0 Å². The minimum Gasteiger partial charge on any atom is -0.355 e. The molecule has 1 aliphatic carbocycles. The number of aliphatic imine (C=N–C) groups is 1. The molecule has 0 saturated heterocycles. The molecular formula is C18H29FN4. The van der Waals surface area contributed by atoms with Crippen LogP contribution in [0.25, 0.3) is 0 Å². The van der Waals surface area contributed by atoms with E-state index in [0.29, 0.717) is 11.6 Å². The molecule has 1 fully saturated rings. The molecule has 1 saturated carbocycles. The lowest BCUT2D eigenvalue weighted by Gasteiger charge is -2.26. The lowest BCUT2D eigenvalue weighted by atomic mass is 10.1. The molecule has 128 valence electrons. The third-order valence-electron chi connectivity index (χ3n) is 4.58. The van der Waals surface area contributed by atoms with Crippen LogP contribution in [0.5, 0.6) is 0 Å². The minimum atomic E-state index is -0.166. The normalized spacial score (nSPS) is 18.0. The Morgan fingerprint density at radius 2 is 2.09 bits per heavy atom. The van der Waals surface area contributed by atoms with Gasteiger partial charge in [0.05, 0.1) is 6.04 Å². The second-order valence-electron chi connectivity index (χ2n) is 6.70. The van der Waals surface area contributed by atoms with Gasteiger partial charge in [0.15, 0.2) is 5.96 Å². The van der Waals surface area contributed by atoms with Crippen LogP contribution < -0.4 is 10.6 Å². The molecule has 1 aliphatic rings. The average molecular weight is 320 g/mol. The van der Waals surface area contributed by atoms with Gasteiger partial charge in [-0.15, -0.1) is 0 Å². The molecule has 2 N–H and O–H groups in total. The molecule has 2 rings (SSSR count). The average Bonchev–Trinajstić information content (AvgIpc) is 3.33. The lowest BCUT2D eigenvalue weighted by Crippen LogP contribution is -2.46. The largest absolute Gasteiger partial charge is 0.355 e. The highest BCUT2D eigenvalue weighted by Gasteiger charge is 2.32. The molecule has 0 radical (unpaired) electrons. The molecule has 5 heteroatoms. The van der Waals surface area contributed by atoms with Crippen molar-refractivity contribution in [3.05, 3.63) is 35.1 Å². The summed E-state index contributed by atoms with van der Waals surface area (Å²) in [6.45, 7) is 4.66. The summed E-state index contributed by atoms with van der Waals surface area (Å²) in [5.74, 6) is 1.38. The van der Waals surface area contributed by atoms with Crippen molar-refractivity contribution in [3.8, 4) is 0 Å². The molecule has 0 spiro atoms. The number of rotatable bonds is 6. The SMILES string of the molecule is CN=C(NCC(C1CC1)N(C)C)NC(C)c1ccc(C)c(F)c1. The first-order valence-electron chi connectivity index (χ1n) is 8.32. The highest BCUT2D eigenvalue weighted by Crippen LogP contribution is 2.34. The minimum absolute atomic E-state index is 0.00460. The summed E-state index contributed by atoms with van der Waals surface area (Å²) in [7, 11) is 6.01. The predicted octanol–water partition coefficient (Wildman–Crippen LogP) is 2.70. The van der Waals surface area contributed by atoms with E-state index in [2.05, 4.69) is 34.6 Å². The fourth-order valence-corrected chi connectivity index (χ4v) is 2.81. The van der Waals surface area contributed by atoms with Gasteiger partial charge in [-0.3, -0.25) is 4.99 Å². The second-order valence-corrected chi connectivity index (χ2v) is 6.70. The van der Waals surface area contributed by atoms with Crippen molar-refractivity contribution >= 4 is 5.96 Å². The van der Waals surface area contributed by atoms with Crippen LogP contribution in [-0.2, 0) is 0 Å². The van der Waals surface area contributed by atoms with E-state index in [4.69, 9.17) is 0 Å². The Bertz CT molecular complexity index is 550. The van der Waals surface area contributed by atoms with Crippen molar-refractivity contribution in [2.75, 3.05) is 27.7 Å². The third kappa shape index (κ3) is 4.93. The zero-order chi connectivity index (χ0) is 17.0. The van der Waals surface area contributed by atoms with Crippen molar-refractivity contribution in [1.82, 2.24) is 15.5 Å². The van der Waals surface area contributed by atoms with E-state index >= 15 is 0 Å². The number of benzene rings is 1. The molecule has 4 nitrogen and oxygen atoms in total. The topological polar surface area (TPSA) is 39.7 Å². The van der Waals surface area contributed by atoms with Crippen molar-refractivity contribution in [2.24, 2.45) is 10.9 Å². The Hall–Kier alpha value is -1.62. The molecule has 23 heavy (non-hydrogen) atoms. The number of nitrogens with zero attached hydrogens (tertiary/aromatic N) is 2. The monoisotopic (exact) mass is 320 g/mol. The van der Waals surface area contributed by atoms with Crippen LogP contribution in [0.2, 0.25) is 0 Å². The summed E-state index contributed by atoms with van der Waals surface area (Å²) in [4.78, 5) is 6.56. The van der Waals surface area contributed by atoms with E-state index < -0.39 is 0 Å². The number of aryl methyl sites for hydroxylation is 1. The summed E-state index contributed by atoms with van der Waals surface area (Å²) in [5.41, 5.74) is 1.59. The van der Waals surface area contributed by atoms with Gasteiger partial charge in [-0.25, -0.2) is 4.39 Å². The molecule has 2 atom stereocenters. The molecule has 0 amide bonds. The van der Waals surface area contributed by atoms with Crippen LogP contribution >= 0.6 is 0 Å². The molecule has 1 aromatic rings. The first-order valence-corrected chi connectivity index (χ1v) is 8.32. The summed E-state index contributed by atoms with van der Waals surface area (Å²) < 4.78 is 13.7. The Morgan fingerprint density at radius 1 is 1.39 bits per heavy atom. The molecule has 0 aromatic heterocycles. The molecule has 1 aromatic carbocycles. The highest BCUT2D eigenvalue weighted by molar-refractivity contribution is 5.80. The van der Waals surface area contributed by atoms with Crippen LogP contribution in [0.1, 0.15) is 36.9 Å². The summed E-state index contributed by atoms with van der Waals surface area (Å²) in [6.07, 6.45) is 2.63. The van der Waals surface area contributed by atoms with E-state index in [1.165, 1.54) is 12.8 Å². The first kappa shape index (κ1) is 17.7. The summed E-state index contributed by atoms with van der Waals surface area (Å²) in [5, 5.41) is 6.74. The van der Waals surface area contributed by atoms with Crippen LogP contribution in [0, 0.1) is 18.7 Å². The fraction of sp³-hybridized carbons (Fsp3) is 0.611. The molecular weight excluding hydrogens is 291 g/mol. The zero-order valence-electron chi connectivity index (χ0n) is 14.9. The van der Waals surface area contributed by atoms with Crippen molar-refractivity contribution in [3.63, 3.8) is 0 Å². The number of hydrogen-bond acceptors (Lipinski definition) is 2. The van der Waals surface area contributed by atoms with Crippen LogP contribution in [0.15, 0.2) is 23.2 Å². The number of nitrogens with one attached hydrogen (secondary N) is 2. The van der Waals surface area contributed by atoms with E-state index in [-0.39, 0.29) is 11.9 Å². The van der Waals surface area contributed by atoms with Crippen LogP contribution in [-0.4, -0.2) is 44.6 Å². The quantitative estimate of drug-likeness (QED) is 0.625. The fourth-order valence-electron chi connectivity index (χ4n) is 2.81. The maximum Gasteiger partial charge on any atom is 0.191 e. The second kappa shape index (κ2) is 7.77. The van der Waals surface area contributed by atoms with Gasteiger partial charge in [0.2, 0.25) is 0 Å². The van der Waals surface area contributed by atoms with E-state index in [1.54, 1.807) is 20.0 Å². The summed E-state index contributed by atoms with van der Waals surface area (Å²) >= 11 is 0. The Balaban J connectivity index is 1.92. The number of guanidine groups is 1. The van der Waals surface area contributed by atoms with E-state index in [1.807, 2.05) is 19.1 Å². The van der Waals surface area contributed by atoms with Crippen LogP contribution in [0.4, 0.5) is 4.39 Å². The van der Waals surface area contributed by atoms with Gasteiger partial charge in [0.25, 0.3) is 0 Å². The van der Waals surface area contributed by atoms with Crippen LogP contribution in [0.3, 0.4) is 0 Å². The standard InChI is InChI=1S/C18H29FN4/c1-12-6-7-15(10-16(12)19)13(2)22-18(20-3)21-11-17(23(4)5)14-8-9-14/h6-7,10,13-14,17H,8-9,11H2,1-5H3,(H2,20,21,22). The van der Waals surface area contributed by atoms with E-state index in [9.17, 15) is 4.39 Å². The van der Waals surface area contributed by atoms with Crippen molar-refractivity contribution in [2.45, 2.75) is 38.8 Å². The Labute approximate surface area is 139 Å². The first-order chi connectivity index (χ1) is 10.9. The predicted molar refractivity (Wildman–Crippen MR) is 94.2 cm³/mol. The van der Waals surface area contributed by atoms with Gasteiger partial charge >= 0.3 is 0 Å². The van der Waals surface area contributed by atoms with Gasteiger partial charge in [-0.1, -0.05) is 12.1 Å². The Kier molecular flexibility index (Phi) is 5.99. The third-order valence-corrected chi connectivity index (χ3v) is 4.58. The zero-order valence-corrected chi connectivity index (χ0v) is 14.9. The van der Waals surface area contributed by atoms with Crippen molar-refractivity contribution < 1.29 is 4.39 Å². The summed E-state index contributed by atoms with van der Waals surface area (Å²) in [6, 6.07) is 5.88. The maximum atomic E-state index is 13.7. The Morgan fingerprint density at radius 3 is 2.61 bits per heavy atom. The smallest absolute Gasteiger partial charge is 0.191 e. The highest BCUT2D eigenvalue weighted by atomic mass is 19.1. The van der Waals surface area contributed by atoms with Gasteiger partial charge in [0, 0.05) is 19.6 Å². The number of halogens is 1. The number of hydrogen-bond donors (Lipinski definition) is 2.